The van der Waals surface area contributed by atoms with Gasteiger partial charge in [-0.25, -0.2) is 13.8 Å². The standard InChI is InChI=1S/C19H17F2N3.ClH/c20-14-10-15(21)19-17(11-14)23-16(13-4-2-1-3-5-13)12-18(19)24-8-6-22-7-9-24;/h1-5,10-12,22H,6-9H2;1H. The molecule has 1 saturated heterocycles. The third-order valence-electron chi connectivity index (χ3n) is 4.33. The molecule has 1 fully saturated rings. The van der Waals surface area contributed by atoms with Crippen molar-refractivity contribution in [1.82, 2.24) is 10.3 Å². The number of nitrogens with zero attached hydrogens (tertiary/aromatic N) is 2. The van der Waals surface area contributed by atoms with Gasteiger partial charge in [0.15, 0.2) is 0 Å². The largest absolute Gasteiger partial charge is 0.368 e. The van der Waals surface area contributed by atoms with Gasteiger partial charge in [0.05, 0.1) is 22.3 Å². The maximum atomic E-state index is 14.5. The minimum Gasteiger partial charge on any atom is -0.368 e. The molecule has 4 rings (SSSR count). The molecule has 3 nitrogen and oxygen atoms in total. The van der Waals surface area contributed by atoms with Crippen LogP contribution in [0.15, 0.2) is 48.5 Å². The number of hydrogen-bond acceptors (Lipinski definition) is 3. The van der Waals surface area contributed by atoms with Gasteiger partial charge in [0, 0.05) is 43.9 Å². The van der Waals surface area contributed by atoms with Crippen LogP contribution in [-0.4, -0.2) is 31.2 Å². The van der Waals surface area contributed by atoms with Crippen LogP contribution in [0.4, 0.5) is 14.5 Å². The summed E-state index contributed by atoms with van der Waals surface area (Å²) in [6, 6.07) is 13.8. The molecule has 0 aliphatic carbocycles. The van der Waals surface area contributed by atoms with E-state index in [0.717, 1.165) is 49.2 Å². The van der Waals surface area contributed by atoms with Crippen LogP contribution in [0.25, 0.3) is 22.2 Å². The first kappa shape index (κ1) is 17.6. The molecule has 1 aromatic heterocycles. The highest BCUT2D eigenvalue weighted by atomic mass is 35.5. The highest BCUT2D eigenvalue weighted by Gasteiger charge is 2.19. The van der Waals surface area contributed by atoms with Gasteiger partial charge in [-0.15, -0.1) is 12.4 Å². The molecule has 2 heterocycles. The summed E-state index contributed by atoms with van der Waals surface area (Å²) in [4.78, 5) is 6.63. The van der Waals surface area contributed by atoms with E-state index in [9.17, 15) is 8.78 Å². The topological polar surface area (TPSA) is 28.2 Å². The second kappa shape index (κ2) is 7.33. The Morgan fingerprint density at radius 2 is 1.68 bits per heavy atom. The normalized spacial score (nSPS) is 14.4. The Balaban J connectivity index is 0.00000182. The summed E-state index contributed by atoms with van der Waals surface area (Å²) in [5, 5.41) is 3.68. The Hall–Kier alpha value is -2.24. The molecule has 130 valence electrons. The monoisotopic (exact) mass is 361 g/mol. The van der Waals surface area contributed by atoms with E-state index < -0.39 is 11.6 Å². The Morgan fingerprint density at radius 3 is 2.40 bits per heavy atom. The van der Waals surface area contributed by atoms with Crippen LogP contribution >= 0.6 is 12.4 Å². The predicted molar refractivity (Wildman–Crippen MR) is 99.4 cm³/mol. The molecule has 0 saturated carbocycles. The first-order valence-corrected chi connectivity index (χ1v) is 8.03. The maximum absolute atomic E-state index is 14.5. The summed E-state index contributed by atoms with van der Waals surface area (Å²) < 4.78 is 28.2. The Labute approximate surface area is 151 Å². The van der Waals surface area contributed by atoms with Crippen molar-refractivity contribution in [2.75, 3.05) is 31.1 Å². The van der Waals surface area contributed by atoms with Crippen molar-refractivity contribution < 1.29 is 8.78 Å². The highest BCUT2D eigenvalue weighted by Crippen LogP contribution is 2.33. The summed E-state index contributed by atoms with van der Waals surface area (Å²) in [7, 11) is 0. The van der Waals surface area contributed by atoms with Crippen LogP contribution < -0.4 is 10.2 Å². The van der Waals surface area contributed by atoms with Crippen LogP contribution in [0.1, 0.15) is 0 Å². The first-order valence-electron chi connectivity index (χ1n) is 8.03. The molecule has 3 aromatic rings. The number of aromatic nitrogens is 1. The number of piperazine rings is 1. The fourth-order valence-corrected chi connectivity index (χ4v) is 3.18. The van der Waals surface area contributed by atoms with Gasteiger partial charge in [-0.1, -0.05) is 30.3 Å². The van der Waals surface area contributed by atoms with E-state index in [0.29, 0.717) is 10.9 Å². The van der Waals surface area contributed by atoms with Crippen molar-refractivity contribution in [2.45, 2.75) is 0 Å². The number of hydrogen-bond donors (Lipinski definition) is 1. The number of nitrogens with one attached hydrogen (secondary N) is 1. The quantitative estimate of drug-likeness (QED) is 0.747. The second-order valence-electron chi connectivity index (χ2n) is 5.91. The van der Waals surface area contributed by atoms with E-state index in [2.05, 4.69) is 15.2 Å². The first-order chi connectivity index (χ1) is 11.7. The second-order valence-corrected chi connectivity index (χ2v) is 5.91. The number of fused-ring (bicyclic) bond motifs is 1. The molecule has 0 radical (unpaired) electrons. The molecule has 0 bridgehead atoms. The summed E-state index contributed by atoms with van der Waals surface area (Å²) in [6.45, 7) is 3.24. The molecule has 2 aromatic carbocycles. The van der Waals surface area contributed by atoms with Crippen molar-refractivity contribution in [3.05, 3.63) is 60.2 Å². The van der Waals surface area contributed by atoms with E-state index in [4.69, 9.17) is 0 Å². The molecule has 0 atom stereocenters. The molecule has 1 aliphatic heterocycles. The molecule has 0 unspecified atom stereocenters. The van der Waals surface area contributed by atoms with E-state index in [1.165, 1.54) is 6.07 Å². The average molecular weight is 362 g/mol. The third kappa shape index (κ3) is 3.43. The van der Waals surface area contributed by atoms with E-state index in [1.54, 1.807) is 0 Å². The zero-order chi connectivity index (χ0) is 16.5. The predicted octanol–water partition coefficient (Wildman–Crippen LogP) is 4.01. The lowest BCUT2D eigenvalue weighted by Crippen LogP contribution is -2.43. The van der Waals surface area contributed by atoms with Crippen molar-refractivity contribution >= 4 is 29.0 Å². The Bertz CT molecular complexity index is 881. The molecule has 25 heavy (non-hydrogen) atoms. The van der Waals surface area contributed by atoms with Gasteiger partial charge in [-0.3, -0.25) is 0 Å². The van der Waals surface area contributed by atoms with E-state index >= 15 is 0 Å². The number of pyridine rings is 1. The zero-order valence-corrected chi connectivity index (χ0v) is 14.3. The van der Waals surface area contributed by atoms with Gasteiger partial charge in [0.2, 0.25) is 0 Å². The van der Waals surface area contributed by atoms with Gasteiger partial charge >= 0.3 is 0 Å². The minimum absolute atomic E-state index is 0. The van der Waals surface area contributed by atoms with Crippen molar-refractivity contribution in [3.8, 4) is 11.3 Å². The molecule has 1 N–H and O–H groups in total. The maximum Gasteiger partial charge on any atom is 0.137 e. The van der Waals surface area contributed by atoms with Crippen molar-refractivity contribution in [2.24, 2.45) is 0 Å². The van der Waals surface area contributed by atoms with Crippen LogP contribution in [0.5, 0.6) is 0 Å². The van der Waals surface area contributed by atoms with Gasteiger partial charge < -0.3 is 10.2 Å². The summed E-state index contributed by atoms with van der Waals surface area (Å²) in [5.74, 6) is -1.17. The smallest absolute Gasteiger partial charge is 0.137 e. The highest BCUT2D eigenvalue weighted by molar-refractivity contribution is 5.95. The molecule has 0 amide bonds. The number of rotatable bonds is 2. The van der Waals surface area contributed by atoms with Gasteiger partial charge in [-0.05, 0) is 6.07 Å². The lowest BCUT2D eigenvalue weighted by atomic mass is 10.1. The van der Waals surface area contributed by atoms with Crippen LogP contribution in [-0.2, 0) is 0 Å². The van der Waals surface area contributed by atoms with Crippen molar-refractivity contribution in [1.29, 1.82) is 0 Å². The minimum atomic E-state index is -0.607. The lowest BCUT2D eigenvalue weighted by molar-refractivity contribution is 0.583. The Kier molecular flexibility index (Phi) is 5.16. The average Bonchev–Trinajstić information content (AvgIpc) is 2.62. The van der Waals surface area contributed by atoms with Gasteiger partial charge in [-0.2, -0.15) is 0 Å². The van der Waals surface area contributed by atoms with Crippen LogP contribution in [0, 0.1) is 11.6 Å². The van der Waals surface area contributed by atoms with Gasteiger partial charge in [0.1, 0.15) is 11.6 Å². The molecule has 0 spiro atoms. The van der Waals surface area contributed by atoms with Gasteiger partial charge in [0.25, 0.3) is 0 Å². The molecular weight excluding hydrogens is 344 g/mol. The summed E-state index contributed by atoms with van der Waals surface area (Å²) in [5.41, 5.74) is 2.78. The SMILES string of the molecule is Cl.Fc1cc(F)c2c(N3CCNCC3)cc(-c3ccccc3)nc2c1. The lowest BCUT2D eigenvalue weighted by Gasteiger charge is -2.30. The third-order valence-corrected chi connectivity index (χ3v) is 4.33. The Morgan fingerprint density at radius 1 is 0.960 bits per heavy atom. The number of anilines is 1. The van der Waals surface area contributed by atoms with Crippen molar-refractivity contribution in [3.63, 3.8) is 0 Å². The number of halogens is 3. The van der Waals surface area contributed by atoms with E-state index in [-0.39, 0.29) is 12.4 Å². The molecule has 1 aliphatic rings. The summed E-state index contributed by atoms with van der Waals surface area (Å²) in [6.07, 6.45) is 0. The fraction of sp³-hybridized carbons (Fsp3) is 0.211. The molecule has 6 heteroatoms. The van der Waals surface area contributed by atoms with E-state index in [1.807, 2.05) is 36.4 Å². The number of benzene rings is 2. The molecular formula is C19H18ClF2N3. The fourth-order valence-electron chi connectivity index (χ4n) is 3.18. The van der Waals surface area contributed by atoms with Crippen LogP contribution in [0.3, 0.4) is 0 Å². The zero-order valence-electron chi connectivity index (χ0n) is 13.5. The summed E-state index contributed by atoms with van der Waals surface area (Å²) >= 11 is 0. The van der Waals surface area contributed by atoms with Crippen LogP contribution in [0.2, 0.25) is 0 Å².